The summed E-state index contributed by atoms with van der Waals surface area (Å²) in [6.07, 6.45) is 5.34. The fourth-order valence-electron chi connectivity index (χ4n) is 2.40. The zero-order valence-electron chi connectivity index (χ0n) is 10.1. The van der Waals surface area contributed by atoms with Gasteiger partial charge in [-0.05, 0) is 32.2 Å². The van der Waals surface area contributed by atoms with Crippen molar-refractivity contribution in [3.05, 3.63) is 0 Å². The van der Waals surface area contributed by atoms with E-state index in [2.05, 4.69) is 11.4 Å². The van der Waals surface area contributed by atoms with Crippen LogP contribution < -0.4 is 11.1 Å². The first kappa shape index (κ1) is 13.4. The van der Waals surface area contributed by atoms with Crippen molar-refractivity contribution >= 4 is 0 Å². The van der Waals surface area contributed by atoms with Gasteiger partial charge in [-0.2, -0.15) is 5.26 Å². The summed E-state index contributed by atoms with van der Waals surface area (Å²) in [5.41, 5.74) is 5.51. The lowest BCUT2D eigenvalue weighted by Gasteiger charge is -2.24. The van der Waals surface area contributed by atoms with Gasteiger partial charge in [-0.1, -0.05) is 6.42 Å². The zero-order valence-corrected chi connectivity index (χ0v) is 10.1. The van der Waals surface area contributed by atoms with Crippen molar-refractivity contribution in [1.82, 2.24) is 5.32 Å². The first-order valence-corrected chi connectivity index (χ1v) is 6.16. The lowest BCUT2D eigenvalue weighted by Crippen LogP contribution is -2.42. The van der Waals surface area contributed by atoms with E-state index in [0.717, 1.165) is 32.1 Å². The maximum Gasteiger partial charge on any atom is 0.0672 e. The summed E-state index contributed by atoms with van der Waals surface area (Å²) in [5.74, 6) is 0.178. The first-order valence-electron chi connectivity index (χ1n) is 6.16. The molecule has 1 aliphatic carbocycles. The van der Waals surface area contributed by atoms with Crippen LogP contribution in [0.1, 0.15) is 32.1 Å². The van der Waals surface area contributed by atoms with Crippen LogP contribution in [0.2, 0.25) is 0 Å². The van der Waals surface area contributed by atoms with Crippen LogP contribution in [-0.2, 0) is 4.74 Å². The number of methoxy groups -OCH3 is 1. The monoisotopic (exact) mass is 225 g/mol. The summed E-state index contributed by atoms with van der Waals surface area (Å²) in [6.45, 7) is 1.42. The highest BCUT2D eigenvalue weighted by molar-refractivity contribution is 4.97. The minimum Gasteiger partial charge on any atom is -0.383 e. The van der Waals surface area contributed by atoms with E-state index in [4.69, 9.17) is 15.7 Å². The van der Waals surface area contributed by atoms with Gasteiger partial charge < -0.3 is 15.8 Å². The average molecular weight is 225 g/mol. The number of nitriles is 1. The zero-order chi connectivity index (χ0) is 11.8. The van der Waals surface area contributed by atoms with Crippen molar-refractivity contribution < 1.29 is 4.74 Å². The highest BCUT2D eigenvalue weighted by Gasteiger charge is 2.28. The van der Waals surface area contributed by atoms with E-state index in [0.29, 0.717) is 25.2 Å². The molecule has 3 unspecified atom stereocenters. The van der Waals surface area contributed by atoms with Gasteiger partial charge in [-0.15, -0.1) is 0 Å². The Labute approximate surface area is 98.1 Å². The number of hydrogen-bond donors (Lipinski definition) is 2. The van der Waals surface area contributed by atoms with E-state index < -0.39 is 0 Å². The summed E-state index contributed by atoms with van der Waals surface area (Å²) in [7, 11) is 1.72. The fraction of sp³-hybridized carbons (Fsp3) is 0.917. The third kappa shape index (κ3) is 4.09. The van der Waals surface area contributed by atoms with Crippen LogP contribution in [0.3, 0.4) is 0 Å². The van der Waals surface area contributed by atoms with E-state index in [1.807, 2.05) is 0 Å². The highest BCUT2D eigenvalue weighted by atomic mass is 16.5. The average Bonchev–Trinajstić information content (AvgIpc) is 2.73. The summed E-state index contributed by atoms with van der Waals surface area (Å²) < 4.78 is 5.19. The van der Waals surface area contributed by atoms with Crippen molar-refractivity contribution in [3.63, 3.8) is 0 Å². The van der Waals surface area contributed by atoms with Crippen LogP contribution in [0.25, 0.3) is 0 Å². The van der Waals surface area contributed by atoms with Crippen LogP contribution in [0.4, 0.5) is 0 Å². The molecule has 4 heteroatoms. The molecule has 0 aliphatic heterocycles. The van der Waals surface area contributed by atoms with Crippen LogP contribution in [0.5, 0.6) is 0 Å². The molecule has 0 aromatic rings. The molecule has 16 heavy (non-hydrogen) atoms. The lowest BCUT2D eigenvalue weighted by atomic mass is 10.0. The van der Waals surface area contributed by atoms with Gasteiger partial charge >= 0.3 is 0 Å². The minimum atomic E-state index is 0.178. The highest BCUT2D eigenvalue weighted by Crippen LogP contribution is 2.25. The molecule has 0 radical (unpaired) electrons. The molecule has 92 valence electrons. The van der Waals surface area contributed by atoms with Crippen LogP contribution in [-0.4, -0.2) is 32.3 Å². The number of nitrogens with zero attached hydrogens (tertiary/aromatic N) is 1. The molecule has 0 aromatic heterocycles. The number of ether oxygens (including phenoxy) is 1. The lowest BCUT2D eigenvalue weighted by molar-refractivity contribution is 0.153. The van der Waals surface area contributed by atoms with E-state index >= 15 is 0 Å². The minimum absolute atomic E-state index is 0.178. The van der Waals surface area contributed by atoms with E-state index in [1.54, 1.807) is 7.11 Å². The quantitative estimate of drug-likeness (QED) is 0.678. The Bertz CT molecular complexity index is 227. The predicted octanol–water partition coefficient (Wildman–Crippen LogP) is 1.02. The Morgan fingerprint density at radius 3 is 3.00 bits per heavy atom. The topological polar surface area (TPSA) is 71.1 Å². The van der Waals surface area contributed by atoms with E-state index in [1.165, 1.54) is 0 Å². The SMILES string of the molecule is COCC(CCCN)NC1CCCC1C#N. The molecule has 0 saturated heterocycles. The summed E-state index contributed by atoms with van der Waals surface area (Å²) in [6, 6.07) is 3.08. The second-order valence-corrected chi connectivity index (χ2v) is 4.52. The normalized spacial score (nSPS) is 26.6. The van der Waals surface area contributed by atoms with Gasteiger partial charge in [0.2, 0.25) is 0 Å². The van der Waals surface area contributed by atoms with Crippen molar-refractivity contribution in [2.45, 2.75) is 44.2 Å². The Morgan fingerprint density at radius 1 is 1.56 bits per heavy atom. The van der Waals surface area contributed by atoms with Gasteiger partial charge in [0.1, 0.15) is 0 Å². The van der Waals surface area contributed by atoms with Crippen LogP contribution in [0, 0.1) is 17.2 Å². The Balaban J connectivity index is 2.37. The summed E-state index contributed by atoms with van der Waals surface area (Å²) >= 11 is 0. The molecular weight excluding hydrogens is 202 g/mol. The first-order chi connectivity index (χ1) is 7.81. The number of rotatable bonds is 7. The fourth-order valence-corrected chi connectivity index (χ4v) is 2.40. The smallest absolute Gasteiger partial charge is 0.0672 e. The molecule has 0 amide bonds. The predicted molar refractivity (Wildman–Crippen MR) is 63.8 cm³/mol. The molecule has 1 fully saturated rings. The van der Waals surface area contributed by atoms with Gasteiger partial charge in [0, 0.05) is 19.2 Å². The molecule has 0 heterocycles. The van der Waals surface area contributed by atoms with Crippen LogP contribution in [0.15, 0.2) is 0 Å². The van der Waals surface area contributed by atoms with Gasteiger partial charge in [0.15, 0.2) is 0 Å². The molecule has 0 bridgehead atoms. The van der Waals surface area contributed by atoms with E-state index in [9.17, 15) is 0 Å². The molecule has 3 N–H and O–H groups in total. The molecule has 4 nitrogen and oxygen atoms in total. The second kappa shape index (κ2) is 7.61. The number of hydrogen-bond acceptors (Lipinski definition) is 4. The van der Waals surface area contributed by atoms with Crippen molar-refractivity contribution in [2.24, 2.45) is 11.7 Å². The summed E-state index contributed by atoms with van der Waals surface area (Å²) in [5, 5.41) is 12.6. The van der Waals surface area contributed by atoms with Crippen molar-refractivity contribution in [1.29, 1.82) is 5.26 Å². The van der Waals surface area contributed by atoms with Gasteiger partial charge in [-0.25, -0.2) is 0 Å². The third-order valence-electron chi connectivity index (χ3n) is 3.26. The molecule has 0 spiro atoms. The molecule has 1 rings (SSSR count). The van der Waals surface area contributed by atoms with Gasteiger partial charge in [0.05, 0.1) is 18.6 Å². The second-order valence-electron chi connectivity index (χ2n) is 4.52. The summed E-state index contributed by atoms with van der Waals surface area (Å²) in [4.78, 5) is 0. The molecule has 0 aromatic carbocycles. The molecular formula is C12H23N3O. The van der Waals surface area contributed by atoms with Crippen molar-refractivity contribution in [3.8, 4) is 6.07 Å². The van der Waals surface area contributed by atoms with Crippen LogP contribution >= 0.6 is 0 Å². The number of nitrogens with two attached hydrogens (primary N) is 1. The van der Waals surface area contributed by atoms with Gasteiger partial charge in [-0.3, -0.25) is 0 Å². The molecule has 1 aliphatic rings. The van der Waals surface area contributed by atoms with Gasteiger partial charge in [0.25, 0.3) is 0 Å². The largest absolute Gasteiger partial charge is 0.383 e. The maximum absolute atomic E-state index is 9.01. The maximum atomic E-state index is 9.01. The van der Waals surface area contributed by atoms with E-state index in [-0.39, 0.29) is 5.92 Å². The Kier molecular flexibility index (Phi) is 6.39. The van der Waals surface area contributed by atoms with Crippen molar-refractivity contribution in [2.75, 3.05) is 20.3 Å². The Morgan fingerprint density at radius 2 is 2.38 bits per heavy atom. The molecule has 3 atom stereocenters. The molecule has 1 saturated carbocycles. The Hall–Kier alpha value is -0.630. The number of nitrogens with one attached hydrogen (secondary N) is 1. The third-order valence-corrected chi connectivity index (χ3v) is 3.26. The standard InChI is InChI=1S/C12H23N3O/c1-16-9-11(5-3-7-13)15-12-6-2-4-10(12)8-14/h10-12,15H,2-7,9,13H2,1H3.